The average Bonchev–Trinajstić information content (AvgIpc) is 2.76. The monoisotopic (exact) mass is 377 g/mol. The van der Waals surface area contributed by atoms with Crippen molar-refractivity contribution in [3.8, 4) is 11.4 Å². The predicted octanol–water partition coefficient (Wildman–Crippen LogP) is 1.33. The van der Waals surface area contributed by atoms with Gasteiger partial charge in [-0.3, -0.25) is 14.2 Å². The van der Waals surface area contributed by atoms with Crippen molar-refractivity contribution in [2.75, 3.05) is 24.6 Å². The first kappa shape index (κ1) is 18.0. The summed E-state index contributed by atoms with van der Waals surface area (Å²) >= 11 is 0. The van der Waals surface area contributed by atoms with E-state index >= 15 is 0 Å². The normalized spacial score (nSPS) is 16.8. The minimum atomic E-state index is -0.615. The Kier molecular flexibility index (Phi) is 4.94. The largest absolute Gasteiger partial charge is 0.366 e. The number of Topliss-reactive ketones (excluding diaryl/α,β-unsaturated/α-hetero) is 1. The molecule has 3 heterocycles. The van der Waals surface area contributed by atoms with E-state index in [4.69, 9.17) is 4.74 Å². The van der Waals surface area contributed by atoms with Crippen LogP contribution in [0, 0.1) is 0 Å². The number of aromatic nitrogens is 4. The first-order valence-corrected chi connectivity index (χ1v) is 8.94. The van der Waals surface area contributed by atoms with Gasteiger partial charge in [0.15, 0.2) is 5.78 Å². The SMILES string of the molecule is Cn1c(N2CCOC(C(=O)c3ccccc3)C2)nc(-c2ccncn2)cc1=O. The van der Waals surface area contributed by atoms with E-state index in [0.29, 0.717) is 42.6 Å². The van der Waals surface area contributed by atoms with E-state index in [1.54, 1.807) is 31.4 Å². The Morgan fingerprint density at radius 1 is 1.18 bits per heavy atom. The minimum absolute atomic E-state index is 0.0812. The molecule has 1 aliphatic heterocycles. The number of ether oxygens (including phenoxy) is 1. The molecule has 4 rings (SSSR count). The van der Waals surface area contributed by atoms with E-state index < -0.39 is 6.10 Å². The highest BCUT2D eigenvalue weighted by Crippen LogP contribution is 2.20. The highest BCUT2D eigenvalue weighted by atomic mass is 16.5. The molecule has 1 saturated heterocycles. The van der Waals surface area contributed by atoms with Crippen LogP contribution < -0.4 is 10.5 Å². The molecule has 0 aliphatic carbocycles. The summed E-state index contributed by atoms with van der Waals surface area (Å²) in [6.45, 7) is 1.23. The summed E-state index contributed by atoms with van der Waals surface area (Å²) in [5.74, 6) is 0.400. The van der Waals surface area contributed by atoms with Gasteiger partial charge in [0.1, 0.15) is 12.4 Å². The third-order valence-electron chi connectivity index (χ3n) is 4.66. The number of nitrogens with zero attached hydrogens (tertiary/aromatic N) is 5. The van der Waals surface area contributed by atoms with Gasteiger partial charge < -0.3 is 9.64 Å². The van der Waals surface area contributed by atoms with Crippen molar-refractivity contribution in [1.29, 1.82) is 0 Å². The highest BCUT2D eigenvalue weighted by molar-refractivity contribution is 5.99. The van der Waals surface area contributed by atoms with Crippen molar-refractivity contribution in [2.45, 2.75) is 6.10 Å². The van der Waals surface area contributed by atoms with Gasteiger partial charge in [0, 0.05) is 31.4 Å². The summed E-state index contributed by atoms with van der Waals surface area (Å²) in [6, 6.07) is 12.2. The van der Waals surface area contributed by atoms with Crippen LogP contribution in [0.3, 0.4) is 0 Å². The van der Waals surface area contributed by atoms with Crippen molar-refractivity contribution in [3.05, 3.63) is 70.9 Å². The van der Waals surface area contributed by atoms with Crippen molar-refractivity contribution in [3.63, 3.8) is 0 Å². The Morgan fingerprint density at radius 3 is 2.75 bits per heavy atom. The maximum atomic E-state index is 12.8. The number of carbonyl (C=O) groups excluding carboxylic acids is 1. The molecule has 142 valence electrons. The van der Waals surface area contributed by atoms with Crippen LogP contribution in [0.5, 0.6) is 0 Å². The Morgan fingerprint density at radius 2 is 2.00 bits per heavy atom. The maximum Gasteiger partial charge on any atom is 0.255 e. The van der Waals surface area contributed by atoms with Crippen LogP contribution in [0.4, 0.5) is 5.95 Å². The number of morpholine rings is 1. The molecule has 0 saturated carbocycles. The van der Waals surface area contributed by atoms with E-state index in [1.165, 1.54) is 17.0 Å². The molecule has 1 fully saturated rings. The average molecular weight is 377 g/mol. The van der Waals surface area contributed by atoms with Crippen LogP contribution in [0.25, 0.3) is 11.4 Å². The van der Waals surface area contributed by atoms with Gasteiger partial charge >= 0.3 is 0 Å². The van der Waals surface area contributed by atoms with Crippen LogP contribution >= 0.6 is 0 Å². The van der Waals surface area contributed by atoms with Gasteiger partial charge in [-0.05, 0) is 6.07 Å². The van der Waals surface area contributed by atoms with Gasteiger partial charge in [-0.15, -0.1) is 0 Å². The van der Waals surface area contributed by atoms with Crippen molar-refractivity contribution < 1.29 is 9.53 Å². The van der Waals surface area contributed by atoms with Crippen molar-refractivity contribution in [2.24, 2.45) is 7.05 Å². The zero-order valence-electron chi connectivity index (χ0n) is 15.4. The lowest BCUT2D eigenvalue weighted by atomic mass is 10.1. The second-order valence-electron chi connectivity index (χ2n) is 6.47. The molecule has 8 heteroatoms. The lowest BCUT2D eigenvalue weighted by Gasteiger charge is -2.33. The van der Waals surface area contributed by atoms with Crippen LogP contribution in [-0.4, -0.2) is 51.1 Å². The molecule has 1 aliphatic rings. The second kappa shape index (κ2) is 7.69. The molecular weight excluding hydrogens is 358 g/mol. The Bertz CT molecular complexity index is 1040. The second-order valence-corrected chi connectivity index (χ2v) is 6.47. The molecule has 8 nitrogen and oxygen atoms in total. The fraction of sp³-hybridized carbons (Fsp3) is 0.250. The van der Waals surface area contributed by atoms with Crippen molar-refractivity contribution in [1.82, 2.24) is 19.5 Å². The molecule has 3 aromatic rings. The van der Waals surface area contributed by atoms with Gasteiger partial charge in [0.2, 0.25) is 5.95 Å². The predicted molar refractivity (Wildman–Crippen MR) is 103 cm³/mol. The minimum Gasteiger partial charge on any atom is -0.366 e. The molecule has 1 aromatic carbocycles. The summed E-state index contributed by atoms with van der Waals surface area (Å²) in [5.41, 5.74) is 1.44. The zero-order valence-corrected chi connectivity index (χ0v) is 15.4. The lowest BCUT2D eigenvalue weighted by molar-refractivity contribution is 0.0337. The van der Waals surface area contributed by atoms with Gasteiger partial charge in [-0.2, -0.15) is 0 Å². The molecule has 2 aromatic heterocycles. The van der Waals surface area contributed by atoms with Gasteiger partial charge in [-0.25, -0.2) is 15.0 Å². The van der Waals surface area contributed by atoms with Crippen LogP contribution in [0.1, 0.15) is 10.4 Å². The molecule has 0 amide bonds. The number of hydrogen-bond acceptors (Lipinski definition) is 7. The summed E-state index contributed by atoms with van der Waals surface area (Å²) < 4.78 is 7.18. The standard InChI is InChI=1S/C20H19N5O3/c1-24-18(26)11-16(15-7-8-21-13-22-15)23-20(24)25-9-10-28-17(12-25)19(27)14-5-3-2-4-6-14/h2-8,11,13,17H,9-10,12H2,1H3. The maximum absolute atomic E-state index is 12.8. The summed E-state index contributed by atoms with van der Waals surface area (Å²) in [4.78, 5) is 39.8. The lowest BCUT2D eigenvalue weighted by Crippen LogP contribution is -2.48. The number of benzene rings is 1. The number of rotatable bonds is 4. The summed E-state index contributed by atoms with van der Waals surface area (Å²) in [5, 5.41) is 0. The van der Waals surface area contributed by atoms with E-state index in [9.17, 15) is 9.59 Å². The number of carbonyl (C=O) groups is 1. The Hall–Kier alpha value is -3.39. The molecule has 0 N–H and O–H groups in total. The summed E-state index contributed by atoms with van der Waals surface area (Å²) in [7, 11) is 1.66. The van der Waals surface area contributed by atoms with E-state index in [1.807, 2.05) is 23.1 Å². The number of ketones is 1. The van der Waals surface area contributed by atoms with Gasteiger partial charge in [-0.1, -0.05) is 30.3 Å². The van der Waals surface area contributed by atoms with E-state index in [-0.39, 0.29) is 11.3 Å². The van der Waals surface area contributed by atoms with Crippen LogP contribution in [-0.2, 0) is 11.8 Å². The van der Waals surface area contributed by atoms with Gasteiger partial charge in [0.25, 0.3) is 5.56 Å². The fourth-order valence-electron chi connectivity index (χ4n) is 3.16. The Labute approximate surface area is 161 Å². The molecular formula is C20H19N5O3. The molecule has 1 atom stereocenters. The Balaban J connectivity index is 1.64. The first-order chi connectivity index (χ1) is 13.6. The first-order valence-electron chi connectivity index (χ1n) is 8.94. The van der Waals surface area contributed by atoms with Crippen LogP contribution in [0.15, 0.2) is 59.8 Å². The highest BCUT2D eigenvalue weighted by Gasteiger charge is 2.29. The van der Waals surface area contributed by atoms with Gasteiger partial charge in [0.05, 0.1) is 24.5 Å². The van der Waals surface area contributed by atoms with E-state index in [0.717, 1.165) is 0 Å². The summed E-state index contributed by atoms with van der Waals surface area (Å²) in [6.07, 6.45) is 2.40. The fourth-order valence-corrected chi connectivity index (χ4v) is 3.16. The quantitative estimate of drug-likeness (QED) is 0.634. The molecule has 28 heavy (non-hydrogen) atoms. The van der Waals surface area contributed by atoms with Crippen LogP contribution in [0.2, 0.25) is 0 Å². The van der Waals surface area contributed by atoms with E-state index in [2.05, 4.69) is 15.0 Å². The topological polar surface area (TPSA) is 90.2 Å². The third kappa shape index (κ3) is 3.54. The molecule has 0 bridgehead atoms. The number of hydrogen-bond donors (Lipinski definition) is 0. The molecule has 0 spiro atoms. The third-order valence-corrected chi connectivity index (χ3v) is 4.66. The smallest absolute Gasteiger partial charge is 0.255 e. The molecule has 0 radical (unpaired) electrons. The molecule has 1 unspecified atom stereocenters. The number of anilines is 1. The van der Waals surface area contributed by atoms with Crippen molar-refractivity contribution >= 4 is 11.7 Å². The zero-order chi connectivity index (χ0) is 19.5.